The summed E-state index contributed by atoms with van der Waals surface area (Å²) in [5.41, 5.74) is 2.96. The van der Waals surface area contributed by atoms with Gasteiger partial charge in [-0.1, -0.05) is 29.5 Å². The Hall–Kier alpha value is -3.98. The Labute approximate surface area is 194 Å². The molecular weight excluding hydrogens is 442 g/mol. The number of esters is 1. The minimum atomic E-state index is -0.490. The Morgan fingerprint density at radius 2 is 1.70 bits per heavy atom. The number of ether oxygens (including phenoxy) is 3. The fourth-order valence-electron chi connectivity index (χ4n) is 3.40. The van der Waals surface area contributed by atoms with Gasteiger partial charge >= 0.3 is 5.97 Å². The number of pyridine rings is 1. The molecule has 0 aliphatic carbocycles. The van der Waals surface area contributed by atoms with E-state index in [4.69, 9.17) is 19.2 Å². The maximum absolute atomic E-state index is 13.3. The minimum absolute atomic E-state index is 0.312. The van der Waals surface area contributed by atoms with Crippen LogP contribution in [0.4, 0.5) is 5.13 Å². The summed E-state index contributed by atoms with van der Waals surface area (Å²) in [6.07, 6.45) is 0. The largest absolute Gasteiger partial charge is 0.493 e. The molecule has 0 bridgehead atoms. The van der Waals surface area contributed by atoms with Crippen molar-refractivity contribution in [2.45, 2.75) is 6.92 Å². The zero-order valence-electron chi connectivity index (χ0n) is 18.5. The van der Waals surface area contributed by atoms with Crippen molar-refractivity contribution >= 4 is 39.2 Å². The summed E-state index contributed by atoms with van der Waals surface area (Å²) in [5.74, 6) is 0.307. The van der Waals surface area contributed by atoms with Crippen LogP contribution >= 0.6 is 11.3 Å². The first kappa shape index (κ1) is 22.2. The third-order valence-electron chi connectivity index (χ3n) is 5.03. The van der Waals surface area contributed by atoms with Crippen LogP contribution in [-0.4, -0.2) is 43.2 Å². The van der Waals surface area contributed by atoms with Crippen LogP contribution < -0.4 is 14.8 Å². The van der Waals surface area contributed by atoms with Gasteiger partial charge in [0.05, 0.1) is 43.8 Å². The summed E-state index contributed by atoms with van der Waals surface area (Å²) in [4.78, 5) is 34.5. The quantitative estimate of drug-likeness (QED) is 0.413. The van der Waals surface area contributed by atoms with Crippen molar-refractivity contribution in [2.24, 2.45) is 0 Å². The Balaban J connectivity index is 1.76. The molecular formula is C24H21N3O5S. The highest BCUT2D eigenvalue weighted by molar-refractivity contribution is 7.17. The Morgan fingerprint density at radius 1 is 0.939 bits per heavy atom. The van der Waals surface area contributed by atoms with Crippen LogP contribution in [0.25, 0.3) is 22.2 Å². The molecule has 168 valence electrons. The highest BCUT2D eigenvalue weighted by Crippen LogP contribution is 2.33. The molecule has 0 radical (unpaired) electrons. The number of nitrogens with one attached hydrogen (secondary N) is 1. The lowest BCUT2D eigenvalue weighted by atomic mass is 10.0. The molecule has 0 saturated heterocycles. The Bertz CT molecular complexity index is 1370. The summed E-state index contributed by atoms with van der Waals surface area (Å²) >= 11 is 1.07. The molecule has 2 aromatic carbocycles. The van der Waals surface area contributed by atoms with Crippen molar-refractivity contribution < 1.29 is 23.8 Å². The van der Waals surface area contributed by atoms with Gasteiger partial charge in [-0.2, -0.15) is 0 Å². The number of methoxy groups -OCH3 is 3. The number of rotatable bonds is 6. The summed E-state index contributed by atoms with van der Waals surface area (Å²) in [6, 6.07) is 14.6. The molecule has 1 amide bonds. The number of para-hydroxylation sites is 1. The van der Waals surface area contributed by atoms with Crippen LogP contribution in [-0.2, 0) is 4.74 Å². The minimum Gasteiger partial charge on any atom is -0.493 e. The van der Waals surface area contributed by atoms with E-state index in [0.717, 1.165) is 16.9 Å². The second kappa shape index (κ2) is 9.25. The number of nitrogens with zero attached hydrogens (tertiary/aromatic N) is 2. The average Bonchev–Trinajstić information content (AvgIpc) is 3.21. The molecule has 8 nitrogen and oxygen atoms in total. The molecule has 0 spiro atoms. The maximum Gasteiger partial charge on any atom is 0.350 e. The monoisotopic (exact) mass is 463 g/mol. The molecule has 4 aromatic rings. The van der Waals surface area contributed by atoms with Crippen LogP contribution in [0, 0.1) is 6.92 Å². The SMILES string of the molecule is COC(=O)c1sc(NC(=O)c2cc(-c3ccc(OC)c(OC)c3)nc3ccccc23)nc1C. The van der Waals surface area contributed by atoms with Crippen molar-refractivity contribution in [3.8, 4) is 22.8 Å². The number of carbonyl (C=O) groups is 2. The fourth-order valence-corrected chi connectivity index (χ4v) is 4.28. The second-order valence-electron chi connectivity index (χ2n) is 7.02. The molecule has 4 rings (SSSR count). The van der Waals surface area contributed by atoms with Gasteiger partial charge in [-0.3, -0.25) is 10.1 Å². The molecule has 0 aliphatic rings. The highest BCUT2D eigenvalue weighted by Gasteiger charge is 2.20. The smallest absolute Gasteiger partial charge is 0.350 e. The molecule has 2 heterocycles. The van der Waals surface area contributed by atoms with Crippen molar-refractivity contribution in [1.29, 1.82) is 0 Å². The molecule has 0 atom stereocenters. The molecule has 0 fully saturated rings. The van der Waals surface area contributed by atoms with E-state index in [9.17, 15) is 9.59 Å². The third kappa shape index (κ3) is 4.35. The Kier molecular flexibility index (Phi) is 6.23. The van der Waals surface area contributed by atoms with Gasteiger partial charge in [0.2, 0.25) is 0 Å². The summed E-state index contributed by atoms with van der Waals surface area (Å²) < 4.78 is 15.5. The number of benzene rings is 2. The van der Waals surface area contributed by atoms with Crippen LogP contribution in [0.15, 0.2) is 48.5 Å². The van der Waals surface area contributed by atoms with Crippen molar-refractivity contribution in [3.05, 3.63) is 64.7 Å². The molecule has 1 N–H and O–H groups in total. The number of amides is 1. The second-order valence-corrected chi connectivity index (χ2v) is 8.02. The normalized spacial score (nSPS) is 10.7. The van der Waals surface area contributed by atoms with E-state index in [-0.39, 0.29) is 5.91 Å². The predicted molar refractivity (Wildman–Crippen MR) is 126 cm³/mol. The van der Waals surface area contributed by atoms with Gasteiger partial charge in [0.15, 0.2) is 16.6 Å². The molecule has 0 unspecified atom stereocenters. The fraction of sp³-hybridized carbons (Fsp3) is 0.167. The molecule has 2 aromatic heterocycles. The van der Waals surface area contributed by atoms with E-state index in [0.29, 0.717) is 49.4 Å². The first-order chi connectivity index (χ1) is 15.9. The van der Waals surface area contributed by atoms with Gasteiger partial charge in [-0.05, 0) is 37.3 Å². The predicted octanol–water partition coefficient (Wildman–Crippen LogP) is 4.72. The van der Waals surface area contributed by atoms with Crippen molar-refractivity contribution in [2.75, 3.05) is 26.6 Å². The van der Waals surface area contributed by atoms with Crippen LogP contribution in [0.2, 0.25) is 0 Å². The number of hydrogen-bond donors (Lipinski definition) is 1. The van der Waals surface area contributed by atoms with Gasteiger partial charge in [0.1, 0.15) is 4.88 Å². The standard InChI is InChI=1S/C24H21N3O5S/c1-13-21(23(29)32-4)33-24(25-13)27-22(28)16-12-18(26-17-8-6-5-7-15(16)17)14-9-10-19(30-2)20(11-14)31-3/h5-12H,1-4H3,(H,25,27,28). The number of hydrogen-bond acceptors (Lipinski definition) is 8. The molecule has 9 heteroatoms. The van der Waals surface area contributed by atoms with Crippen molar-refractivity contribution in [1.82, 2.24) is 9.97 Å². The number of thiazole rings is 1. The zero-order valence-corrected chi connectivity index (χ0v) is 19.3. The van der Waals surface area contributed by atoms with Crippen LogP contribution in [0.1, 0.15) is 25.7 Å². The van der Waals surface area contributed by atoms with E-state index >= 15 is 0 Å². The van der Waals surface area contributed by atoms with E-state index in [1.54, 1.807) is 33.3 Å². The molecule has 0 saturated carbocycles. The van der Waals surface area contributed by atoms with Gasteiger partial charge in [0, 0.05) is 10.9 Å². The third-order valence-corrected chi connectivity index (χ3v) is 6.08. The van der Waals surface area contributed by atoms with E-state index < -0.39 is 5.97 Å². The zero-order chi connectivity index (χ0) is 23.5. The topological polar surface area (TPSA) is 99.6 Å². The van der Waals surface area contributed by atoms with Crippen molar-refractivity contribution in [3.63, 3.8) is 0 Å². The van der Waals surface area contributed by atoms with Crippen LogP contribution in [0.3, 0.4) is 0 Å². The molecule has 0 aliphatic heterocycles. The summed E-state index contributed by atoms with van der Waals surface area (Å²) in [5, 5.41) is 3.80. The first-order valence-electron chi connectivity index (χ1n) is 9.94. The first-order valence-corrected chi connectivity index (χ1v) is 10.8. The number of carbonyl (C=O) groups excluding carboxylic acids is 2. The lowest BCUT2D eigenvalue weighted by Gasteiger charge is -2.12. The lowest BCUT2D eigenvalue weighted by molar-refractivity contribution is 0.0605. The van der Waals surface area contributed by atoms with Gasteiger partial charge in [-0.15, -0.1) is 0 Å². The number of aryl methyl sites for hydroxylation is 1. The maximum atomic E-state index is 13.3. The van der Waals surface area contributed by atoms with E-state index in [1.807, 2.05) is 36.4 Å². The summed E-state index contributed by atoms with van der Waals surface area (Å²) in [6.45, 7) is 1.69. The lowest BCUT2D eigenvalue weighted by Crippen LogP contribution is -2.13. The van der Waals surface area contributed by atoms with E-state index in [2.05, 4.69) is 10.3 Å². The number of anilines is 1. The average molecular weight is 464 g/mol. The Morgan fingerprint density at radius 3 is 2.42 bits per heavy atom. The van der Waals surface area contributed by atoms with Gasteiger partial charge in [-0.25, -0.2) is 14.8 Å². The van der Waals surface area contributed by atoms with Crippen LogP contribution in [0.5, 0.6) is 11.5 Å². The number of aromatic nitrogens is 2. The molecule has 33 heavy (non-hydrogen) atoms. The number of fused-ring (bicyclic) bond motifs is 1. The van der Waals surface area contributed by atoms with E-state index in [1.165, 1.54) is 7.11 Å². The summed E-state index contributed by atoms with van der Waals surface area (Å²) in [7, 11) is 4.44. The van der Waals surface area contributed by atoms with Gasteiger partial charge < -0.3 is 14.2 Å². The van der Waals surface area contributed by atoms with Gasteiger partial charge in [0.25, 0.3) is 5.91 Å². The highest BCUT2D eigenvalue weighted by atomic mass is 32.1.